The maximum Gasteiger partial charge on any atom is 0.126 e. The van der Waals surface area contributed by atoms with Gasteiger partial charge in [-0.25, -0.2) is 4.39 Å². The fourth-order valence-electron chi connectivity index (χ4n) is 0.851. The summed E-state index contributed by atoms with van der Waals surface area (Å²) in [5.74, 6) is 0. The first-order valence-corrected chi connectivity index (χ1v) is 3.92. The van der Waals surface area contributed by atoms with E-state index < -0.39 is 6.17 Å². The summed E-state index contributed by atoms with van der Waals surface area (Å²) in [6, 6.07) is 9.67. The van der Waals surface area contributed by atoms with Gasteiger partial charge in [0.1, 0.15) is 12.8 Å². The number of alkyl halides is 1. The molecule has 0 amide bonds. The zero-order valence-electron chi connectivity index (χ0n) is 7.03. The first-order valence-electron chi connectivity index (χ1n) is 3.92. The van der Waals surface area contributed by atoms with Crippen molar-refractivity contribution in [2.45, 2.75) is 19.7 Å². The molecule has 1 unspecified atom stereocenters. The molecule has 1 atom stereocenters. The van der Waals surface area contributed by atoms with Gasteiger partial charge in [-0.3, -0.25) is 0 Å². The van der Waals surface area contributed by atoms with Crippen LogP contribution in [0, 0.1) is 6.61 Å². The van der Waals surface area contributed by atoms with Gasteiger partial charge in [-0.2, -0.15) is 0 Å². The Kier molecular flexibility index (Phi) is 3.74. The molecule has 0 aliphatic rings. The summed E-state index contributed by atoms with van der Waals surface area (Å²) in [7, 11) is 0. The lowest BCUT2D eigenvalue weighted by molar-refractivity contribution is 0.139. The van der Waals surface area contributed by atoms with Crippen LogP contribution < -0.4 is 0 Å². The number of halogens is 1. The maximum atomic E-state index is 12.2. The highest BCUT2D eigenvalue weighted by Crippen LogP contribution is 2.03. The fourth-order valence-corrected chi connectivity index (χ4v) is 0.851. The Labute approximate surface area is 72.2 Å². The fraction of sp³-hybridized carbons (Fsp3) is 0.300. The molecule has 0 aromatic heterocycles. The van der Waals surface area contributed by atoms with E-state index in [0.29, 0.717) is 6.61 Å². The monoisotopic (exact) mass is 167 g/mol. The Balaban J connectivity index is 2.25. The molecule has 12 heavy (non-hydrogen) atoms. The molecule has 0 bridgehead atoms. The van der Waals surface area contributed by atoms with Gasteiger partial charge in [0.15, 0.2) is 0 Å². The van der Waals surface area contributed by atoms with E-state index in [-0.39, 0.29) is 0 Å². The molecule has 1 aromatic rings. The summed E-state index contributed by atoms with van der Waals surface area (Å²) in [4.78, 5) is 0. The molecule has 0 saturated carbocycles. The highest BCUT2D eigenvalue weighted by atomic mass is 19.1. The van der Waals surface area contributed by atoms with Crippen LogP contribution in [-0.4, -0.2) is 6.17 Å². The highest BCUT2D eigenvalue weighted by Gasteiger charge is 1.98. The molecule has 0 saturated heterocycles. The van der Waals surface area contributed by atoms with Gasteiger partial charge in [0, 0.05) is 0 Å². The molecule has 0 fully saturated rings. The van der Waals surface area contributed by atoms with Crippen molar-refractivity contribution in [3.8, 4) is 0 Å². The van der Waals surface area contributed by atoms with Crippen molar-refractivity contribution in [3.63, 3.8) is 0 Å². The lowest BCUT2D eigenvalue weighted by Crippen LogP contribution is -1.98. The van der Waals surface area contributed by atoms with Crippen molar-refractivity contribution in [2.75, 3.05) is 0 Å². The van der Waals surface area contributed by atoms with Gasteiger partial charge in [0.2, 0.25) is 0 Å². The Morgan fingerprint density at radius 2 is 2.08 bits per heavy atom. The summed E-state index contributed by atoms with van der Waals surface area (Å²) >= 11 is 0. The van der Waals surface area contributed by atoms with Crippen molar-refractivity contribution in [1.82, 2.24) is 0 Å². The van der Waals surface area contributed by atoms with Crippen LogP contribution in [0.4, 0.5) is 4.39 Å². The Bertz CT molecular complexity index is 208. The van der Waals surface area contributed by atoms with Gasteiger partial charge in [-0.05, 0) is 12.5 Å². The third kappa shape index (κ3) is 3.49. The summed E-state index contributed by atoms with van der Waals surface area (Å²) in [6.45, 7) is 3.08. The van der Waals surface area contributed by atoms with Gasteiger partial charge in [0.25, 0.3) is 0 Å². The van der Waals surface area contributed by atoms with Crippen LogP contribution >= 0.6 is 0 Å². The van der Waals surface area contributed by atoms with Crippen molar-refractivity contribution in [3.05, 3.63) is 42.5 Å². The minimum absolute atomic E-state index is 0.440. The normalized spacial score (nSPS) is 12.8. The van der Waals surface area contributed by atoms with Crippen LogP contribution in [0.15, 0.2) is 30.3 Å². The Hall–Kier alpha value is -0.890. The van der Waals surface area contributed by atoms with Crippen LogP contribution in [0.2, 0.25) is 0 Å². The van der Waals surface area contributed by atoms with Crippen molar-refractivity contribution >= 4 is 0 Å². The van der Waals surface area contributed by atoms with E-state index in [1.54, 1.807) is 0 Å². The lowest BCUT2D eigenvalue weighted by atomic mass is 10.2. The molecule has 0 N–H and O–H groups in total. The molecule has 1 aromatic carbocycles. The van der Waals surface area contributed by atoms with E-state index >= 15 is 0 Å². The van der Waals surface area contributed by atoms with E-state index in [4.69, 9.17) is 4.74 Å². The number of benzene rings is 1. The van der Waals surface area contributed by atoms with E-state index in [1.807, 2.05) is 30.3 Å². The third-order valence-corrected chi connectivity index (χ3v) is 1.38. The van der Waals surface area contributed by atoms with Gasteiger partial charge in [0.05, 0.1) is 6.61 Å². The van der Waals surface area contributed by atoms with E-state index in [1.165, 1.54) is 13.5 Å². The van der Waals surface area contributed by atoms with Crippen LogP contribution in [0.3, 0.4) is 0 Å². The average Bonchev–Trinajstić information content (AvgIpc) is 2.05. The first kappa shape index (κ1) is 9.20. The first-order chi connectivity index (χ1) is 5.79. The topological polar surface area (TPSA) is 9.23 Å². The number of hydrogen-bond donors (Lipinski definition) is 0. The van der Waals surface area contributed by atoms with Crippen LogP contribution in [0.25, 0.3) is 0 Å². The largest absolute Gasteiger partial charge is 0.368 e. The molecule has 0 aliphatic carbocycles. The summed E-state index contributed by atoms with van der Waals surface area (Å²) in [5.41, 5.74) is 1.05. The number of hydrogen-bond acceptors (Lipinski definition) is 1. The van der Waals surface area contributed by atoms with E-state index in [2.05, 4.69) is 0 Å². The predicted molar refractivity (Wildman–Crippen MR) is 46.1 cm³/mol. The lowest BCUT2D eigenvalue weighted by Gasteiger charge is -2.03. The molecule has 1 rings (SSSR count). The van der Waals surface area contributed by atoms with E-state index in [9.17, 15) is 4.39 Å². The zero-order chi connectivity index (χ0) is 8.81. The van der Waals surface area contributed by atoms with Crippen LogP contribution in [0.1, 0.15) is 12.5 Å². The minimum Gasteiger partial charge on any atom is -0.368 e. The van der Waals surface area contributed by atoms with Crippen molar-refractivity contribution in [1.29, 1.82) is 0 Å². The Morgan fingerprint density at radius 3 is 2.67 bits per heavy atom. The third-order valence-electron chi connectivity index (χ3n) is 1.38. The molecule has 0 aliphatic heterocycles. The second kappa shape index (κ2) is 4.88. The van der Waals surface area contributed by atoms with Crippen LogP contribution in [-0.2, 0) is 11.3 Å². The molecule has 0 heterocycles. The molecule has 2 heteroatoms. The minimum atomic E-state index is -1.01. The zero-order valence-corrected chi connectivity index (χ0v) is 7.03. The SMILES string of the molecule is CC(F)[CH]OCc1ccccc1. The quantitative estimate of drug-likeness (QED) is 0.670. The Morgan fingerprint density at radius 1 is 1.42 bits per heavy atom. The second-order valence-corrected chi connectivity index (χ2v) is 2.61. The van der Waals surface area contributed by atoms with Crippen molar-refractivity contribution in [2.24, 2.45) is 0 Å². The molecular weight excluding hydrogens is 155 g/mol. The summed E-state index contributed by atoms with van der Waals surface area (Å²) < 4.78 is 17.2. The van der Waals surface area contributed by atoms with Gasteiger partial charge >= 0.3 is 0 Å². The van der Waals surface area contributed by atoms with Crippen LogP contribution in [0.5, 0.6) is 0 Å². The maximum absolute atomic E-state index is 12.2. The number of rotatable bonds is 4. The summed E-state index contributed by atoms with van der Waals surface area (Å²) in [6.07, 6.45) is -1.01. The predicted octanol–water partition coefficient (Wildman–Crippen LogP) is 2.72. The van der Waals surface area contributed by atoms with Crippen molar-refractivity contribution < 1.29 is 9.13 Å². The highest BCUT2D eigenvalue weighted by molar-refractivity contribution is 5.13. The average molecular weight is 167 g/mol. The summed E-state index contributed by atoms with van der Waals surface area (Å²) in [5, 5.41) is 0. The van der Waals surface area contributed by atoms with Gasteiger partial charge in [-0.1, -0.05) is 30.3 Å². The standard InChI is InChI=1S/C10H12FO/c1-9(11)7-12-8-10-5-3-2-4-6-10/h2-7,9H,8H2,1H3. The molecule has 1 nitrogen and oxygen atoms in total. The number of ether oxygens (including phenoxy) is 1. The van der Waals surface area contributed by atoms with Gasteiger partial charge in [-0.15, -0.1) is 0 Å². The smallest absolute Gasteiger partial charge is 0.126 e. The molecular formula is C10H12FO. The molecule has 0 spiro atoms. The molecule has 1 radical (unpaired) electrons. The van der Waals surface area contributed by atoms with Gasteiger partial charge < -0.3 is 4.74 Å². The molecule has 65 valence electrons. The second-order valence-electron chi connectivity index (χ2n) is 2.61. The van der Waals surface area contributed by atoms with E-state index in [0.717, 1.165) is 5.56 Å².